The van der Waals surface area contributed by atoms with Crippen molar-refractivity contribution in [3.05, 3.63) is 60.2 Å². The van der Waals surface area contributed by atoms with Gasteiger partial charge >= 0.3 is 5.69 Å². The van der Waals surface area contributed by atoms with Crippen molar-refractivity contribution >= 4 is 57.7 Å². The minimum absolute atomic E-state index is 0.0172. The van der Waals surface area contributed by atoms with Crippen LogP contribution in [-0.2, 0) is 4.79 Å². The summed E-state index contributed by atoms with van der Waals surface area (Å²) in [6, 6.07) is 7.54. The topological polar surface area (TPSA) is 117 Å². The van der Waals surface area contributed by atoms with Crippen LogP contribution in [0.4, 0.5) is 11.4 Å². The molecule has 0 saturated carbocycles. The predicted octanol–water partition coefficient (Wildman–Crippen LogP) is 3.82. The fourth-order valence-corrected chi connectivity index (χ4v) is 3.06. The molecule has 0 aromatic heterocycles. The van der Waals surface area contributed by atoms with Gasteiger partial charge in [0.05, 0.1) is 11.1 Å². The third kappa shape index (κ3) is 5.54. The summed E-state index contributed by atoms with van der Waals surface area (Å²) in [5.41, 5.74) is 3.62. The second-order valence-corrected chi connectivity index (χ2v) is 7.36. The third-order valence-corrected chi connectivity index (χ3v) is 4.50. The average molecular weight is 503 g/mol. The van der Waals surface area contributed by atoms with Crippen LogP contribution >= 0.6 is 34.2 Å². The van der Waals surface area contributed by atoms with Gasteiger partial charge in [0.25, 0.3) is 5.91 Å². The highest BCUT2D eigenvalue weighted by Gasteiger charge is 2.18. The monoisotopic (exact) mass is 502 g/mol. The van der Waals surface area contributed by atoms with Crippen LogP contribution in [0.15, 0.2) is 35.4 Å². The first-order valence-electron chi connectivity index (χ1n) is 7.71. The molecule has 0 spiro atoms. The number of carbonyl (C=O) groups excluding carboxylic acids is 1. The number of aromatic hydroxyl groups is 1. The molecule has 2 aromatic rings. The minimum atomic E-state index is -0.757. The lowest BCUT2D eigenvalue weighted by Crippen LogP contribution is -2.35. The van der Waals surface area contributed by atoms with E-state index < -0.39 is 28.3 Å². The first-order valence-corrected chi connectivity index (χ1v) is 9.17. The van der Waals surface area contributed by atoms with Crippen molar-refractivity contribution in [1.82, 2.24) is 5.43 Å². The lowest BCUT2D eigenvalue weighted by Gasteiger charge is -2.15. The van der Waals surface area contributed by atoms with E-state index in [4.69, 9.17) is 11.6 Å². The van der Waals surface area contributed by atoms with E-state index in [-0.39, 0.29) is 10.6 Å². The van der Waals surface area contributed by atoms with Gasteiger partial charge < -0.3 is 10.4 Å². The quantitative estimate of drug-likeness (QED) is 0.240. The number of carbonyl (C=O) groups is 1. The number of nitro benzene ring substituents is 1. The van der Waals surface area contributed by atoms with E-state index in [0.717, 1.165) is 27.1 Å². The highest BCUT2D eigenvalue weighted by Crippen LogP contribution is 2.32. The second kappa shape index (κ2) is 9.00. The summed E-state index contributed by atoms with van der Waals surface area (Å²) in [7, 11) is 0. The van der Waals surface area contributed by atoms with Crippen LogP contribution in [-0.4, -0.2) is 28.2 Å². The molecule has 0 aliphatic heterocycles. The molecule has 2 aromatic carbocycles. The van der Waals surface area contributed by atoms with Crippen molar-refractivity contribution < 1.29 is 14.8 Å². The number of phenolic OH excluding ortho intramolecular Hbond substituents is 1. The smallest absolute Gasteiger partial charge is 0.312 e. The Bertz CT molecular complexity index is 920. The maximum absolute atomic E-state index is 12.2. The second-order valence-electron chi connectivity index (χ2n) is 5.68. The van der Waals surface area contributed by atoms with Gasteiger partial charge in [-0.2, -0.15) is 5.10 Å². The van der Waals surface area contributed by atoms with Gasteiger partial charge in [-0.1, -0.05) is 11.6 Å². The first kappa shape index (κ1) is 20.9. The minimum Gasteiger partial charge on any atom is -0.502 e. The highest BCUT2D eigenvalue weighted by atomic mass is 127. The molecule has 142 valence electrons. The molecule has 0 unspecified atom stereocenters. The number of phenols is 1. The molecule has 0 bridgehead atoms. The van der Waals surface area contributed by atoms with Crippen molar-refractivity contribution in [3.8, 4) is 5.75 Å². The van der Waals surface area contributed by atoms with Crippen LogP contribution in [0.5, 0.6) is 5.75 Å². The van der Waals surface area contributed by atoms with Gasteiger partial charge in [0.15, 0.2) is 0 Å². The van der Waals surface area contributed by atoms with E-state index in [1.165, 1.54) is 6.07 Å². The van der Waals surface area contributed by atoms with Gasteiger partial charge in [-0.05, 0) is 66.3 Å². The Labute approximate surface area is 173 Å². The molecule has 2 rings (SSSR count). The normalized spacial score (nSPS) is 12.0. The molecule has 10 heteroatoms. The SMILES string of the molecule is Cc1cc(I)ccc1N[C@@H](C)C(=O)N/N=C\c1cc(Cl)cc([N+](=O)[O-])c1O. The van der Waals surface area contributed by atoms with Gasteiger partial charge in [-0.3, -0.25) is 14.9 Å². The summed E-state index contributed by atoms with van der Waals surface area (Å²) in [6.07, 6.45) is 1.09. The van der Waals surface area contributed by atoms with Gasteiger partial charge in [0.1, 0.15) is 6.04 Å². The fraction of sp³-hybridized carbons (Fsp3) is 0.176. The molecule has 8 nitrogen and oxygen atoms in total. The lowest BCUT2D eigenvalue weighted by molar-refractivity contribution is -0.385. The number of nitrogens with one attached hydrogen (secondary N) is 2. The molecule has 27 heavy (non-hydrogen) atoms. The number of aryl methyl sites for hydroxylation is 1. The van der Waals surface area contributed by atoms with Crippen LogP contribution < -0.4 is 10.7 Å². The number of hydrogen-bond donors (Lipinski definition) is 3. The zero-order valence-electron chi connectivity index (χ0n) is 14.4. The number of benzene rings is 2. The Morgan fingerprint density at radius 1 is 1.41 bits per heavy atom. The number of nitrogens with zero attached hydrogens (tertiary/aromatic N) is 2. The van der Waals surface area contributed by atoms with Crippen molar-refractivity contribution in [2.75, 3.05) is 5.32 Å². The maximum atomic E-state index is 12.2. The number of hydrogen-bond acceptors (Lipinski definition) is 6. The summed E-state index contributed by atoms with van der Waals surface area (Å²) in [4.78, 5) is 22.3. The molecule has 1 atom stereocenters. The van der Waals surface area contributed by atoms with Gasteiger partial charge in [0.2, 0.25) is 5.75 Å². The number of rotatable bonds is 6. The predicted molar refractivity (Wildman–Crippen MR) is 112 cm³/mol. The third-order valence-electron chi connectivity index (χ3n) is 3.61. The summed E-state index contributed by atoms with van der Waals surface area (Å²) < 4.78 is 1.09. The van der Waals surface area contributed by atoms with E-state index >= 15 is 0 Å². The van der Waals surface area contributed by atoms with E-state index in [1.54, 1.807) is 6.92 Å². The van der Waals surface area contributed by atoms with Crippen molar-refractivity contribution in [2.45, 2.75) is 19.9 Å². The summed E-state index contributed by atoms with van der Waals surface area (Å²) >= 11 is 8.00. The van der Waals surface area contributed by atoms with Crippen LogP contribution in [0.25, 0.3) is 0 Å². The standard InChI is InChI=1S/C17H16ClIN4O4/c1-9-5-13(19)3-4-14(9)21-10(2)17(25)22-20-8-11-6-12(18)7-15(16(11)24)23(26)27/h3-8,10,21,24H,1-2H3,(H,22,25)/b20-8-/t10-/m0/s1. The van der Waals surface area contributed by atoms with Gasteiger partial charge in [0, 0.05) is 25.9 Å². The fourth-order valence-electron chi connectivity index (χ4n) is 2.19. The van der Waals surface area contributed by atoms with Gasteiger partial charge in [-0.15, -0.1) is 0 Å². The van der Waals surface area contributed by atoms with Gasteiger partial charge in [-0.25, -0.2) is 5.43 Å². The summed E-state index contributed by atoms with van der Waals surface area (Å²) in [5, 5.41) is 27.7. The molecule has 0 heterocycles. The van der Waals surface area contributed by atoms with Crippen LogP contribution in [0.3, 0.4) is 0 Å². The van der Waals surface area contributed by atoms with E-state index in [2.05, 4.69) is 38.4 Å². The Morgan fingerprint density at radius 2 is 2.11 bits per heavy atom. The summed E-state index contributed by atoms with van der Waals surface area (Å²) in [6.45, 7) is 3.60. The molecule has 0 saturated heterocycles. The first-order chi connectivity index (χ1) is 12.7. The molecular weight excluding hydrogens is 487 g/mol. The summed E-state index contributed by atoms with van der Waals surface area (Å²) in [5.74, 6) is -0.997. The molecule has 1 amide bonds. The Kier molecular flexibility index (Phi) is 6.97. The molecule has 0 radical (unpaired) electrons. The molecule has 0 aliphatic carbocycles. The zero-order valence-corrected chi connectivity index (χ0v) is 17.3. The van der Waals surface area contributed by atoms with Crippen LogP contribution in [0, 0.1) is 20.6 Å². The largest absolute Gasteiger partial charge is 0.502 e. The van der Waals surface area contributed by atoms with Crippen LogP contribution in [0.2, 0.25) is 5.02 Å². The Morgan fingerprint density at radius 3 is 2.74 bits per heavy atom. The zero-order chi connectivity index (χ0) is 20.1. The van der Waals surface area contributed by atoms with Crippen molar-refractivity contribution in [2.24, 2.45) is 5.10 Å². The lowest BCUT2D eigenvalue weighted by atomic mass is 10.2. The molecule has 0 fully saturated rings. The maximum Gasteiger partial charge on any atom is 0.312 e. The van der Waals surface area contributed by atoms with E-state index in [1.807, 2.05) is 25.1 Å². The van der Waals surface area contributed by atoms with E-state index in [0.29, 0.717) is 0 Å². The number of hydrazone groups is 1. The highest BCUT2D eigenvalue weighted by molar-refractivity contribution is 14.1. The number of halogens is 2. The molecular formula is C17H16ClIN4O4. The number of nitro groups is 1. The van der Waals surface area contributed by atoms with Crippen LogP contribution in [0.1, 0.15) is 18.1 Å². The Balaban J connectivity index is 2.05. The van der Waals surface area contributed by atoms with Crippen molar-refractivity contribution in [1.29, 1.82) is 0 Å². The van der Waals surface area contributed by atoms with Crippen molar-refractivity contribution in [3.63, 3.8) is 0 Å². The molecule has 3 N–H and O–H groups in total. The number of amides is 1. The Hall–Kier alpha value is -2.40. The average Bonchev–Trinajstić information content (AvgIpc) is 2.59. The number of anilines is 1. The van der Waals surface area contributed by atoms with E-state index in [9.17, 15) is 20.0 Å². The molecule has 0 aliphatic rings.